The van der Waals surface area contributed by atoms with Crippen LogP contribution in [0.5, 0.6) is 0 Å². The van der Waals surface area contributed by atoms with Crippen LogP contribution in [0.25, 0.3) is 0 Å². The summed E-state index contributed by atoms with van der Waals surface area (Å²) in [6.07, 6.45) is 3.05. The molecule has 5 heteroatoms. The van der Waals surface area contributed by atoms with Gasteiger partial charge in [-0.15, -0.1) is 6.58 Å². The fraction of sp³-hybridized carbons (Fsp3) is 0.250. The molecule has 0 unspecified atom stereocenters. The average Bonchev–Trinajstić information content (AvgIpc) is 2.59. The van der Waals surface area contributed by atoms with Gasteiger partial charge in [0.15, 0.2) is 0 Å². The molecule has 1 aromatic heterocycles. The second-order valence-electron chi connectivity index (χ2n) is 6.68. The summed E-state index contributed by atoms with van der Waals surface area (Å²) >= 11 is 0. The smallest absolute Gasteiger partial charge is 0.274 e. The Labute approximate surface area is 148 Å². The van der Waals surface area contributed by atoms with Gasteiger partial charge in [-0.25, -0.2) is 0 Å². The molecule has 0 aliphatic carbocycles. The van der Waals surface area contributed by atoms with Gasteiger partial charge in [0, 0.05) is 24.0 Å². The van der Waals surface area contributed by atoms with Gasteiger partial charge >= 0.3 is 0 Å². The molecule has 1 aromatic carbocycles. The van der Waals surface area contributed by atoms with Crippen LogP contribution in [0.15, 0.2) is 55.3 Å². The first-order valence-electron chi connectivity index (χ1n) is 8.09. The molecule has 1 heterocycles. The third kappa shape index (κ3) is 4.76. The molecular formula is C20H23N3O2. The maximum atomic E-state index is 12.6. The predicted octanol–water partition coefficient (Wildman–Crippen LogP) is 3.55. The number of benzene rings is 1. The lowest BCUT2D eigenvalue weighted by Crippen LogP contribution is -2.24. The number of para-hydroxylation sites is 1. The van der Waals surface area contributed by atoms with E-state index in [0.29, 0.717) is 12.1 Å². The van der Waals surface area contributed by atoms with E-state index in [1.807, 2.05) is 24.3 Å². The van der Waals surface area contributed by atoms with Gasteiger partial charge in [0.2, 0.25) is 0 Å². The summed E-state index contributed by atoms with van der Waals surface area (Å²) < 4.78 is 0. The lowest BCUT2D eigenvalue weighted by atomic mass is 9.86. The van der Waals surface area contributed by atoms with Crippen molar-refractivity contribution in [1.82, 2.24) is 10.3 Å². The zero-order chi connectivity index (χ0) is 18.4. The molecular weight excluding hydrogens is 314 g/mol. The number of anilines is 1. The van der Waals surface area contributed by atoms with Gasteiger partial charge in [-0.1, -0.05) is 45.0 Å². The number of nitrogens with one attached hydrogen (secondary N) is 2. The van der Waals surface area contributed by atoms with Crippen molar-refractivity contribution in [2.45, 2.75) is 26.2 Å². The van der Waals surface area contributed by atoms with Crippen molar-refractivity contribution in [3.8, 4) is 0 Å². The van der Waals surface area contributed by atoms with Crippen LogP contribution >= 0.6 is 0 Å². The number of carbonyl (C=O) groups excluding carboxylic acids is 2. The minimum absolute atomic E-state index is 0.107. The Morgan fingerprint density at radius 1 is 1.16 bits per heavy atom. The zero-order valence-electron chi connectivity index (χ0n) is 14.8. The minimum atomic E-state index is -0.352. The highest BCUT2D eigenvalue weighted by atomic mass is 16.2. The van der Waals surface area contributed by atoms with E-state index in [2.05, 4.69) is 43.0 Å². The Hall–Kier alpha value is -2.95. The molecule has 2 N–H and O–H groups in total. The molecule has 0 fully saturated rings. The molecule has 0 radical (unpaired) electrons. The maximum absolute atomic E-state index is 12.6. The first-order chi connectivity index (χ1) is 11.8. The van der Waals surface area contributed by atoms with Gasteiger partial charge in [0.1, 0.15) is 5.69 Å². The highest BCUT2D eigenvalue weighted by Crippen LogP contribution is 2.29. The molecule has 0 saturated heterocycles. The molecule has 0 saturated carbocycles. The summed E-state index contributed by atoms with van der Waals surface area (Å²) in [6.45, 7) is 10.2. The van der Waals surface area contributed by atoms with Crippen LogP contribution in [0.4, 0.5) is 5.69 Å². The third-order valence-electron chi connectivity index (χ3n) is 3.64. The summed E-state index contributed by atoms with van der Waals surface area (Å²) in [6, 6.07) is 10.7. The molecule has 5 nitrogen and oxygen atoms in total. The number of pyridine rings is 1. The lowest BCUT2D eigenvalue weighted by Gasteiger charge is -2.22. The Bertz CT molecular complexity index is 792. The average molecular weight is 337 g/mol. The van der Waals surface area contributed by atoms with Gasteiger partial charge in [-0.3, -0.25) is 14.6 Å². The molecule has 0 aliphatic rings. The van der Waals surface area contributed by atoms with Crippen LogP contribution in [0.1, 0.15) is 47.2 Å². The van der Waals surface area contributed by atoms with Crippen molar-refractivity contribution in [3.63, 3.8) is 0 Å². The highest BCUT2D eigenvalue weighted by Gasteiger charge is 2.19. The van der Waals surface area contributed by atoms with Crippen molar-refractivity contribution in [2.75, 3.05) is 11.9 Å². The number of hydrogen-bond acceptors (Lipinski definition) is 3. The van der Waals surface area contributed by atoms with Crippen molar-refractivity contribution in [3.05, 3.63) is 72.1 Å². The van der Waals surface area contributed by atoms with Gasteiger partial charge in [-0.05, 0) is 29.2 Å². The monoisotopic (exact) mass is 337 g/mol. The number of amides is 2. The number of carbonyl (C=O) groups is 2. The standard InChI is InChI=1S/C20H23N3O2/c1-5-11-22-18(24)14-10-12-21-17(13-14)19(25)23-16-9-7-6-8-15(16)20(2,3)4/h5-10,12-13H,1,11H2,2-4H3,(H,22,24)(H,23,25). The summed E-state index contributed by atoms with van der Waals surface area (Å²) in [5, 5.41) is 5.57. The summed E-state index contributed by atoms with van der Waals surface area (Å²) in [5.74, 6) is -0.624. The van der Waals surface area contributed by atoms with E-state index in [0.717, 1.165) is 11.3 Å². The second-order valence-corrected chi connectivity index (χ2v) is 6.68. The first kappa shape index (κ1) is 18.4. The van der Waals surface area contributed by atoms with Crippen LogP contribution in [-0.2, 0) is 5.41 Å². The SMILES string of the molecule is C=CCNC(=O)c1ccnc(C(=O)Nc2ccccc2C(C)(C)C)c1. The Morgan fingerprint density at radius 3 is 2.56 bits per heavy atom. The van der Waals surface area contributed by atoms with E-state index in [4.69, 9.17) is 0 Å². The fourth-order valence-electron chi connectivity index (χ4n) is 2.40. The topological polar surface area (TPSA) is 71.1 Å². The Morgan fingerprint density at radius 2 is 1.88 bits per heavy atom. The first-order valence-corrected chi connectivity index (χ1v) is 8.09. The number of hydrogen-bond donors (Lipinski definition) is 2. The van der Waals surface area contributed by atoms with E-state index < -0.39 is 0 Å². The van der Waals surface area contributed by atoms with Crippen molar-refractivity contribution >= 4 is 17.5 Å². The number of aromatic nitrogens is 1. The number of rotatable bonds is 5. The highest BCUT2D eigenvalue weighted by molar-refractivity contribution is 6.05. The third-order valence-corrected chi connectivity index (χ3v) is 3.64. The van der Waals surface area contributed by atoms with E-state index in [-0.39, 0.29) is 22.9 Å². The molecule has 2 rings (SSSR count). The molecule has 2 aromatic rings. The number of nitrogens with zero attached hydrogens (tertiary/aromatic N) is 1. The fourth-order valence-corrected chi connectivity index (χ4v) is 2.40. The predicted molar refractivity (Wildman–Crippen MR) is 99.9 cm³/mol. The Balaban J connectivity index is 2.23. The largest absolute Gasteiger partial charge is 0.349 e. The van der Waals surface area contributed by atoms with Gasteiger partial charge in [0.25, 0.3) is 11.8 Å². The molecule has 2 amide bonds. The van der Waals surface area contributed by atoms with E-state index in [1.54, 1.807) is 12.1 Å². The molecule has 0 spiro atoms. The quantitative estimate of drug-likeness (QED) is 0.820. The minimum Gasteiger partial charge on any atom is -0.349 e. The molecule has 130 valence electrons. The van der Waals surface area contributed by atoms with E-state index in [9.17, 15) is 9.59 Å². The van der Waals surface area contributed by atoms with Crippen LogP contribution in [0.2, 0.25) is 0 Å². The van der Waals surface area contributed by atoms with E-state index >= 15 is 0 Å². The lowest BCUT2D eigenvalue weighted by molar-refractivity contribution is 0.0958. The summed E-state index contributed by atoms with van der Waals surface area (Å²) in [7, 11) is 0. The molecule has 25 heavy (non-hydrogen) atoms. The Kier molecular flexibility index (Phi) is 5.70. The van der Waals surface area contributed by atoms with Gasteiger partial charge in [0.05, 0.1) is 0 Å². The van der Waals surface area contributed by atoms with E-state index in [1.165, 1.54) is 12.3 Å². The second kappa shape index (κ2) is 7.75. The van der Waals surface area contributed by atoms with Gasteiger partial charge < -0.3 is 10.6 Å². The summed E-state index contributed by atoms with van der Waals surface area (Å²) in [5.41, 5.74) is 2.23. The van der Waals surface area contributed by atoms with Crippen LogP contribution < -0.4 is 10.6 Å². The van der Waals surface area contributed by atoms with Crippen LogP contribution in [0, 0.1) is 0 Å². The van der Waals surface area contributed by atoms with Gasteiger partial charge in [-0.2, -0.15) is 0 Å². The van der Waals surface area contributed by atoms with Crippen LogP contribution in [0.3, 0.4) is 0 Å². The molecule has 0 bridgehead atoms. The molecule has 0 atom stereocenters. The summed E-state index contributed by atoms with van der Waals surface area (Å²) in [4.78, 5) is 28.6. The maximum Gasteiger partial charge on any atom is 0.274 e. The van der Waals surface area contributed by atoms with Crippen molar-refractivity contribution < 1.29 is 9.59 Å². The van der Waals surface area contributed by atoms with Crippen molar-refractivity contribution in [1.29, 1.82) is 0 Å². The van der Waals surface area contributed by atoms with Crippen molar-refractivity contribution in [2.24, 2.45) is 0 Å². The molecule has 0 aliphatic heterocycles. The normalized spacial score (nSPS) is 10.8. The zero-order valence-corrected chi connectivity index (χ0v) is 14.8. The van der Waals surface area contributed by atoms with Crippen LogP contribution in [-0.4, -0.2) is 23.3 Å².